The lowest BCUT2D eigenvalue weighted by Crippen LogP contribution is -2.39. The molecule has 2 atom stereocenters. The summed E-state index contributed by atoms with van der Waals surface area (Å²) >= 11 is 0. The molecule has 0 heterocycles. The van der Waals surface area contributed by atoms with Crippen LogP contribution in [0.15, 0.2) is 24.3 Å². The molecule has 88 valence electrons. The summed E-state index contributed by atoms with van der Waals surface area (Å²) in [6, 6.07) is 8.36. The van der Waals surface area contributed by atoms with Crippen molar-refractivity contribution >= 4 is 5.69 Å². The summed E-state index contributed by atoms with van der Waals surface area (Å²) in [6.07, 6.45) is 0.988. The Morgan fingerprint density at radius 2 is 1.75 bits per heavy atom. The summed E-state index contributed by atoms with van der Waals surface area (Å²) in [5, 5.41) is 3.23. The van der Waals surface area contributed by atoms with Gasteiger partial charge in [-0.3, -0.25) is 0 Å². The molecule has 1 saturated carbocycles. The van der Waals surface area contributed by atoms with Crippen LogP contribution in [0.4, 0.5) is 10.1 Å². The van der Waals surface area contributed by atoms with Crippen molar-refractivity contribution in [2.24, 2.45) is 0 Å². The molecule has 0 radical (unpaired) electrons. The van der Waals surface area contributed by atoms with Crippen molar-refractivity contribution in [1.29, 1.82) is 0 Å². The van der Waals surface area contributed by atoms with Gasteiger partial charge in [0.05, 0.1) is 6.04 Å². The first kappa shape index (κ1) is 11.4. The monoisotopic (exact) mass is 221 g/mol. The predicted molar refractivity (Wildman–Crippen MR) is 66.7 cm³/mol. The van der Waals surface area contributed by atoms with Gasteiger partial charge in [-0.25, -0.2) is 4.39 Å². The Hall–Kier alpha value is -1.05. The average Bonchev–Trinajstić information content (AvgIpc) is 2.23. The molecule has 0 bridgehead atoms. The van der Waals surface area contributed by atoms with Gasteiger partial charge in [0.1, 0.15) is 6.17 Å². The van der Waals surface area contributed by atoms with Gasteiger partial charge in [-0.05, 0) is 36.0 Å². The Balaban J connectivity index is 2.02. The van der Waals surface area contributed by atoms with Gasteiger partial charge in [-0.15, -0.1) is 0 Å². The summed E-state index contributed by atoms with van der Waals surface area (Å²) in [7, 11) is 0. The lowest BCUT2D eigenvalue weighted by Gasteiger charge is -2.32. The molecule has 0 amide bonds. The molecule has 1 aromatic carbocycles. The van der Waals surface area contributed by atoms with Gasteiger partial charge >= 0.3 is 0 Å². The van der Waals surface area contributed by atoms with Gasteiger partial charge < -0.3 is 5.32 Å². The first-order valence-electron chi connectivity index (χ1n) is 5.98. The third kappa shape index (κ3) is 2.37. The molecule has 0 saturated heterocycles. The molecule has 1 fully saturated rings. The van der Waals surface area contributed by atoms with E-state index in [0.29, 0.717) is 6.42 Å². The van der Waals surface area contributed by atoms with E-state index in [9.17, 15) is 4.39 Å². The number of rotatable bonds is 2. The van der Waals surface area contributed by atoms with Crippen molar-refractivity contribution < 1.29 is 4.39 Å². The quantitative estimate of drug-likeness (QED) is 0.798. The number of anilines is 1. The molecule has 2 heteroatoms. The molecular weight excluding hydrogens is 201 g/mol. The van der Waals surface area contributed by atoms with E-state index in [1.54, 1.807) is 0 Å². The SMILES string of the molecule is CC(C)(C)c1ccc(NC2CCC2F)cc1. The fraction of sp³-hybridized carbons (Fsp3) is 0.571. The standard InChI is InChI=1S/C14H20FN/c1-14(2,3)10-4-6-11(7-5-10)16-13-9-8-12(13)15/h4-7,12-13,16H,8-9H2,1-3H3. The number of alkyl halides is 1. The van der Waals surface area contributed by atoms with E-state index in [2.05, 4.69) is 38.2 Å². The zero-order valence-corrected chi connectivity index (χ0v) is 10.3. The van der Waals surface area contributed by atoms with E-state index >= 15 is 0 Å². The normalized spacial score (nSPS) is 25.0. The topological polar surface area (TPSA) is 12.0 Å². The van der Waals surface area contributed by atoms with Crippen molar-refractivity contribution in [3.05, 3.63) is 29.8 Å². The number of benzene rings is 1. The molecule has 0 aromatic heterocycles. The number of hydrogen-bond acceptors (Lipinski definition) is 1. The highest BCUT2D eigenvalue weighted by Crippen LogP contribution is 2.28. The summed E-state index contributed by atoms with van der Waals surface area (Å²) in [5.74, 6) is 0. The van der Waals surface area contributed by atoms with Crippen molar-refractivity contribution in [2.75, 3.05) is 5.32 Å². The Bertz CT molecular complexity index is 350. The van der Waals surface area contributed by atoms with Crippen LogP contribution in [0.2, 0.25) is 0 Å². The van der Waals surface area contributed by atoms with Crippen LogP contribution in [0.3, 0.4) is 0 Å². The van der Waals surface area contributed by atoms with E-state index in [-0.39, 0.29) is 11.5 Å². The van der Waals surface area contributed by atoms with Gasteiger partial charge in [-0.1, -0.05) is 32.9 Å². The fourth-order valence-electron chi connectivity index (χ4n) is 1.90. The molecule has 1 aliphatic rings. The van der Waals surface area contributed by atoms with Crippen LogP contribution in [0, 0.1) is 0 Å². The van der Waals surface area contributed by atoms with Crippen molar-refractivity contribution in [2.45, 2.75) is 51.2 Å². The van der Waals surface area contributed by atoms with Crippen LogP contribution in [-0.2, 0) is 5.41 Å². The highest BCUT2D eigenvalue weighted by Gasteiger charge is 2.30. The predicted octanol–water partition coefficient (Wildman–Crippen LogP) is 3.90. The maximum absolute atomic E-state index is 13.1. The van der Waals surface area contributed by atoms with Crippen LogP contribution in [0.1, 0.15) is 39.2 Å². The molecule has 2 rings (SSSR count). The Kier molecular flexibility index (Phi) is 2.92. The van der Waals surface area contributed by atoms with E-state index in [1.807, 2.05) is 12.1 Å². The molecule has 0 aliphatic heterocycles. The third-order valence-electron chi connectivity index (χ3n) is 3.29. The van der Waals surface area contributed by atoms with Crippen LogP contribution in [-0.4, -0.2) is 12.2 Å². The summed E-state index contributed by atoms with van der Waals surface area (Å²) in [4.78, 5) is 0. The first-order chi connectivity index (χ1) is 7.47. The minimum atomic E-state index is -0.665. The van der Waals surface area contributed by atoms with Crippen molar-refractivity contribution in [3.63, 3.8) is 0 Å². The molecule has 0 spiro atoms. The van der Waals surface area contributed by atoms with E-state index < -0.39 is 6.17 Å². The Morgan fingerprint density at radius 3 is 2.12 bits per heavy atom. The minimum absolute atomic E-state index is 0.0282. The van der Waals surface area contributed by atoms with Crippen LogP contribution in [0.25, 0.3) is 0 Å². The molecule has 2 unspecified atom stereocenters. The summed E-state index contributed by atoms with van der Waals surface area (Å²) in [6.45, 7) is 6.58. The largest absolute Gasteiger partial charge is 0.379 e. The highest BCUT2D eigenvalue weighted by atomic mass is 19.1. The molecule has 16 heavy (non-hydrogen) atoms. The second-order valence-electron chi connectivity index (χ2n) is 5.67. The fourth-order valence-corrected chi connectivity index (χ4v) is 1.90. The Morgan fingerprint density at radius 1 is 1.12 bits per heavy atom. The third-order valence-corrected chi connectivity index (χ3v) is 3.29. The zero-order chi connectivity index (χ0) is 11.8. The lowest BCUT2D eigenvalue weighted by molar-refractivity contribution is 0.186. The molecule has 1 aromatic rings. The van der Waals surface area contributed by atoms with Crippen LogP contribution in [0.5, 0.6) is 0 Å². The maximum Gasteiger partial charge on any atom is 0.120 e. The van der Waals surface area contributed by atoms with Gasteiger partial charge in [0.2, 0.25) is 0 Å². The number of halogens is 1. The number of nitrogens with one attached hydrogen (secondary N) is 1. The minimum Gasteiger partial charge on any atom is -0.379 e. The summed E-state index contributed by atoms with van der Waals surface area (Å²) < 4.78 is 13.1. The first-order valence-corrected chi connectivity index (χ1v) is 5.98. The second-order valence-corrected chi connectivity index (χ2v) is 5.67. The van der Waals surface area contributed by atoms with Crippen LogP contribution < -0.4 is 5.32 Å². The van der Waals surface area contributed by atoms with Gasteiger partial charge in [-0.2, -0.15) is 0 Å². The average molecular weight is 221 g/mol. The number of hydrogen-bond donors (Lipinski definition) is 1. The lowest BCUT2D eigenvalue weighted by atomic mass is 9.87. The van der Waals surface area contributed by atoms with E-state index in [0.717, 1.165) is 12.1 Å². The molecule has 1 nitrogen and oxygen atoms in total. The van der Waals surface area contributed by atoms with E-state index in [1.165, 1.54) is 5.56 Å². The van der Waals surface area contributed by atoms with Gasteiger partial charge in [0.25, 0.3) is 0 Å². The van der Waals surface area contributed by atoms with Gasteiger partial charge in [0, 0.05) is 5.69 Å². The second kappa shape index (κ2) is 4.08. The maximum atomic E-state index is 13.1. The van der Waals surface area contributed by atoms with E-state index in [4.69, 9.17) is 0 Å². The molecular formula is C14H20FN. The smallest absolute Gasteiger partial charge is 0.120 e. The van der Waals surface area contributed by atoms with Crippen molar-refractivity contribution in [3.8, 4) is 0 Å². The van der Waals surface area contributed by atoms with Crippen LogP contribution >= 0.6 is 0 Å². The molecule has 1 aliphatic carbocycles. The zero-order valence-electron chi connectivity index (χ0n) is 10.3. The molecule has 1 N–H and O–H groups in total. The Labute approximate surface area is 97.1 Å². The van der Waals surface area contributed by atoms with Gasteiger partial charge in [0.15, 0.2) is 0 Å². The summed E-state index contributed by atoms with van der Waals surface area (Å²) in [5.41, 5.74) is 2.52. The highest BCUT2D eigenvalue weighted by molar-refractivity contribution is 5.47. The van der Waals surface area contributed by atoms with Crippen molar-refractivity contribution in [1.82, 2.24) is 0 Å².